The number of nitrogens with one attached hydrogen (secondary N) is 2. The zero-order valence-corrected chi connectivity index (χ0v) is 18.6. The molecule has 0 aliphatic rings. The first-order chi connectivity index (χ1) is 15.6. The van der Waals surface area contributed by atoms with Gasteiger partial charge in [0, 0.05) is 22.8 Å². The normalized spacial score (nSPS) is 11.5. The molecule has 32 heavy (non-hydrogen) atoms. The molecule has 4 rings (SSSR count). The topological polar surface area (TPSA) is 71.1 Å². The number of rotatable bonds is 7. The van der Waals surface area contributed by atoms with Gasteiger partial charge in [-0.2, -0.15) is 0 Å². The van der Waals surface area contributed by atoms with E-state index in [0.717, 1.165) is 16.1 Å². The first-order valence-corrected chi connectivity index (χ1v) is 11.3. The summed E-state index contributed by atoms with van der Waals surface area (Å²) in [5.74, 6) is -0.544. The van der Waals surface area contributed by atoms with Gasteiger partial charge in [0.1, 0.15) is 5.01 Å². The number of halogens is 1. The molecule has 4 aromatic rings. The highest BCUT2D eigenvalue weighted by atomic mass is 35.5. The zero-order chi connectivity index (χ0) is 22.3. The van der Waals surface area contributed by atoms with E-state index < -0.39 is 6.04 Å². The average molecular weight is 462 g/mol. The summed E-state index contributed by atoms with van der Waals surface area (Å²) in [6.45, 7) is 0. The van der Waals surface area contributed by atoms with Crippen LogP contribution in [0.3, 0.4) is 0 Å². The molecule has 1 heterocycles. The van der Waals surface area contributed by atoms with Crippen molar-refractivity contribution in [3.05, 3.63) is 107 Å². The molecular weight excluding hydrogens is 442 g/mol. The van der Waals surface area contributed by atoms with Crippen molar-refractivity contribution in [1.29, 1.82) is 0 Å². The molecule has 0 radical (unpaired) electrons. The van der Waals surface area contributed by atoms with Crippen molar-refractivity contribution in [1.82, 2.24) is 10.3 Å². The summed E-state index contributed by atoms with van der Waals surface area (Å²) in [4.78, 5) is 30.0. The molecule has 160 valence electrons. The van der Waals surface area contributed by atoms with Crippen LogP contribution in [0.1, 0.15) is 28.4 Å². The van der Waals surface area contributed by atoms with E-state index in [9.17, 15) is 9.59 Å². The Morgan fingerprint density at radius 2 is 1.75 bits per heavy atom. The molecule has 2 amide bonds. The molecule has 0 saturated carbocycles. The molecule has 5 nitrogen and oxygen atoms in total. The second-order valence-electron chi connectivity index (χ2n) is 7.09. The Bertz CT molecular complexity index is 1210. The van der Waals surface area contributed by atoms with Crippen molar-refractivity contribution in [2.75, 3.05) is 5.32 Å². The molecule has 2 N–H and O–H groups in total. The van der Waals surface area contributed by atoms with E-state index in [1.54, 1.807) is 30.5 Å². The molecule has 7 heteroatoms. The molecule has 3 aromatic carbocycles. The van der Waals surface area contributed by atoms with Crippen molar-refractivity contribution >= 4 is 40.4 Å². The Morgan fingerprint density at radius 3 is 2.50 bits per heavy atom. The van der Waals surface area contributed by atoms with Gasteiger partial charge >= 0.3 is 0 Å². The van der Waals surface area contributed by atoms with Gasteiger partial charge in [-0.15, -0.1) is 11.3 Å². The molecule has 1 aromatic heterocycles. The fourth-order valence-electron chi connectivity index (χ4n) is 3.31. The van der Waals surface area contributed by atoms with Crippen LogP contribution in [0.15, 0.2) is 90.4 Å². The smallest absolute Gasteiger partial charge is 0.253 e. The molecular formula is C25H20ClN3O2S. The summed E-state index contributed by atoms with van der Waals surface area (Å²) in [6, 6.07) is 23.3. The molecule has 0 fully saturated rings. The number of thiazole rings is 1. The highest BCUT2D eigenvalue weighted by Gasteiger charge is 2.20. The van der Waals surface area contributed by atoms with Crippen LogP contribution in [0.5, 0.6) is 0 Å². The van der Waals surface area contributed by atoms with Crippen molar-refractivity contribution < 1.29 is 9.59 Å². The van der Waals surface area contributed by atoms with Gasteiger partial charge in [-0.3, -0.25) is 9.59 Å². The van der Waals surface area contributed by atoms with Crippen LogP contribution in [0, 0.1) is 0 Å². The van der Waals surface area contributed by atoms with Crippen LogP contribution in [-0.4, -0.2) is 16.8 Å². The molecule has 0 saturated heterocycles. The summed E-state index contributed by atoms with van der Waals surface area (Å²) in [5, 5.41) is 9.03. The number of aromatic nitrogens is 1. The molecule has 1 unspecified atom stereocenters. The lowest BCUT2D eigenvalue weighted by atomic mass is 10.0. The van der Waals surface area contributed by atoms with Gasteiger partial charge in [0.05, 0.1) is 23.0 Å². The lowest BCUT2D eigenvalue weighted by Crippen LogP contribution is -2.31. The van der Waals surface area contributed by atoms with Crippen LogP contribution >= 0.6 is 22.9 Å². The number of nitrogens with zero attached hydrogens (tertiary/aromatic N) is 1. The van der Waals surface area contributed by atoms with Crippen molar-refractivity contribution in [2.45, 2.75) is 12.5 Å². The Morgan fingerprint density at radius 1 is 0.969 bits per heavy atom. The van der Waals surface area contributed by atoms with E-state index in [2.05, 4.69) is 15.6 Å². The van der Waals surface area contributed by atoms with Crippen LogP contribution in [-0.2, 0) is 4.79 Å². The Balaban J connectivity index is 1.50. The van der Waals surface area contributed by atoms with Crippen LogP contribution < -0.4 is 10.6 Å². The summed E-state index contributed by atoms with van der Waals surface area (Å²) in [6.07, 6.45) is 1.82. The number of carbonyl (C=O) groups is 2. The molecule has 0 aliphatic carbocycles. The lowest BCUT2D eigenvalue weighted by Gasteiger charge is -2.19. The number of hydrogen-bond acceptors (Lipinski definition) is 4. The number of benzene rings is 3. The number of anilines is 1. The quantitative estimate of drug-likeness (QED) is 0.356. The minimum Gasteiger partial charge on any atom is -0.345 e. The summed E-state index contributed by atoms with van der Waals surface area (Å²) in [5.41, 5.74) is 2.81. The van der Waals surface area contributed by atoms with Crippen molar-refractivity contribution in [3.8, 4) is 10.6 Å². The lowest BCUT2D eigenvalue weighted by molar-refractivity contribution is -0.116. The minimum absolute atomic E-state index is 0.0711. The third-order valence-electron chi connectivity index (χ3n) is 4.84. The number of hydrogen-bond donors (Lipinski definition) is 2. The van der Waals surface area contributed by atoms with Crippen LogP contribution in [0.2, 0.25) is 5.02 Å². The summed E-state index contributed by atoms with van der Waals surface area (Å²) >= 11 is 7.71. The Hall–Kier alpha value is -3.48. The predicted octanol–water partition coefficient (Wildman–Crippen LogP) is 5.96. The maximum Gasteiger partial charge on any atom is 0.253 e. The maximum absolute atomic E-state index is 12.9. The number of carbonyl (C=O) groups excluding carboxylic acids is 2. The fourth-order valence-corrected chi connectivity index (χ4v) is 4.17. The summed E-state index contributed by atoms with van der Waals surface area (Å²) in [7, 11) is 0. The number of amides is 2. The zero-order valence-electron chi connectivity index (χ0n) is 17.0. The molecule has 0 bridgehead atoms. The van der Waals surface area contributed by atoms with Gasteiger partial charge in [-0.25, -0.2) is 4.98 Å². The van der Waals surface area contributed by atoms with Gasteiger partial charge < -0.3 is 10.6 Å². The highest BCUT2D eigenvalue weighted by molar-refractivity contribution is 7.13. The first-order valence-electron chi connectivity index (χ1n) is 10.0. The average Bonchev–Trinajstić information content (AvgIpc) is 3.35. The van der Waals surface area contributed by atoms with Gasteiger partial charge in [0.2, 0.25) is 5.91 Å². The fraction of sp³-hybridized carbons (Fsp3) is 0.0800. The third kappa shape index (κ3) is 5.41. The largest absolute Gasteiger partial charge is 0.345 e. The van der Waals surface area contributed by atoms with Gasteiger partial charge in [0.15, 0.2) is 0 Å². The molecule has 1 atom stereocenters. The second kappa shape index (κ2) is 10.2. The monoisotopic (exact) mass is 461 g/mol. The van der Waals surface area contributed by atoms with Crippen molar-refractivity contribution in [3.63, 3.8) is 0 Å². The van der Waals surface area contributed by atoms with Crippen molar-refractivity contribution in [2.24, 2.45) is 0 Å². The molecule has 0 aliphatic heterocycles. The minimum atomic E-state index is -0.512. The Labute approximate surface area is 195 Å². The van der Waals surface area contributed by atoms with E-state index >= 15 is 0 Å². The van der Waals surface area contributed by atoms with Crippen LogP contribution in [0.25, 0.3) is 10.6 Å². The van der Waals surface area contributed by atoms with E-state index in [4.69, 9.17) is 11.6 Å². The van der Waals surface area contributed by atoms with E-state index in [1.807, 2.05) is 60.0 Å². The highest BCUT2D eigenvalue weighted by Crippen LogP contribution is 2.25. The Kier molecular flexibility index (Phi) is 6.94. The van der Waals surface area contributed by atoms with Crippen LogP contribution in [0.4, 0.5) is 5.69 Å². The van der Waals surface area contributed by atoms with E-state index in [0.29, 0.717) is 16.3 Å². The SMILES string of the molecule is O=C(CC(NC(=O)c1ccccc1Cl)c1ccccc1)Nc1cccc(-c2nccs2)c1. The maximum atomic E-state index is 12.9. The summed E-state index contributed by atoms with van der Waals surface area (Å²) < 4.78 is 0. The second-order valence-corrected chi connectivity index (χ2v) is 8.39. The third-order valence-corrected chi connectivity index (χ3v) is 5.99. The van der Waals surface area contributed by atoms with Gasteiger partial charge in [-0.1, -0.05) is 66.2 Å². The van der Waals surface area contributed by atoms with Gasteiger partial charge in [0.25, 0.3) is 5.91 Å². The van der Waals surface area contributed by atoms with E-state index in [-0.39, 0.29) is 18.2 Å². The molecule has 0 spiro atoms. The van der Waals surface area contributed by atoms with Gasteiger partial charge in [-0.05, 0) is 29.8 Å². The first kappa shape index (κ1) is 21.7. The standard InChI is InChI=1S/C25H20ClN3O2S/c26-21-12-5-4-11-20(21)24(31)29-22(17-7-2-1-3-8-17)16-23(30)28-19-10-6-9-18(15-19)25-27-13-14-32-25/h1-15,22H,16H2,(H,28,30)(H,29,31). The van der Waals surface area contributed by atoms with E-state index in [1.165, 1.54) is 11.3 Å². The predicted molar refractivity (Wildman–Crippen MR) is 129 cm³/mol.